The Kier molecular flexibility index (Phi) is 3.53. The van der Waals surface area contributed by atoms with E-state index >= 15 is 0 Å². The molecule has 1 aromatic heterocycles. The van der Waals surface area contributed by atoms with Gasteiger partial charge in [-0.25, -0.2) is 0 Å². The largest absolute Gasteiger partial charge is 0.454 e. The van der Waals surface area contributed by atoms with E-state index in [-0.39, 0.29) is 23.7 Å². The number of tetrazole rings is 1. The molecule has 5 aliphatic rings. The molecule has 4 aliphatic carbocycles. The van der Waals surface area contributed by atoms with Gasteiger partial charge in [0, 0.05) is 6.54 Å². The van der Waals surface area contributed by atoms with Gasteiger partial charge in [0.15, 0.2) is 17.3 Å². The van der Waals surface area contributed by atoms with Crippen molar-refractivity contribution in [2.24, 2.45) is 17.3 Å². The summed E-state index contributed by atoms with van der Waals surface area (Å²) in [5.74, 6) is 3.52. The molecule has 4 bridgehead atoms. The number of hydrogen-bond donors (Lipinski definition) is 1. The molecule has 2 heterocycles. The molecule has 1 N–H and O–H groups in total. The number of amides is 1. The topological polar surface area (TPSA) is 91.2 Å². The number of aryl methyl sites for hydroxylation is 1. The molecule has 4 fully saturated rings. The molecule has 152 valence electrons. The minimum Gasteiger partial charge on any atom is -0.454 e. The Hall–Kier alpha value is -2.64. The third-order valence-electron chi connectivity index (χ3n) is 7.34. The zero-order valence-corrected chi connectivity index (χ0v) is 16.6. The molecule has 29 heavy (non-hydrogen) atoms. The first-order valence-electron chi connectivity index (χ1n) is 10.5. The van der Waals surface area contributed by atoms with Gasteiger partial charge in [0.1, 0.15) is 0 Å². The Balaban J connectivity index is 1.23. The van der Waals surface area contributed by atoms with Gasteiger partial charge in [-0.05, 0) is 80.2 Å². The van der Waals surface area contributed by atoms with Crippen LogP contribution in [0.15, 0.2) is 18.2 Å². The quantitative estimate of drug-likeness (QED) is 0.854. The van der Waals surface area contributed by atoms with Crippen LogP contribution in [0.2, 0.25) is 0 Å². The van der Waals surface area contributed by atoms with E-state index in [1.165, 1.54) is 6.42 Å². The van der Waals surface area contributed by atoms with Crippen molar-refractivity contribution in [3.05, 3.63) is 29.6 Å². The zero-order chi connectivity index (χ0) is 19.6. The maximum Gasteiger partial charge on any atom is 0.231 e. The SMILES string of the molecule is Cc1nnn(C23C[C@H]4C[C@@H](CC(C(=O)NCc5ccc6c(c5)OCO6)(C4)C2)C3)n1. The first-order valence-corrected chi connectivity index (χ1v) is 10.5. The van der Waals surface area contributed by atoms with E-state index in [1.807, 2.05) is 29.9 Å². The van der Waals surface area contributed by atoms with Crippen LogP contribution in [-0.4, -0.2) is 32.9 Å². The molecular weight excluding hydrogens is 370 g/mol. The summed E-state index contributed by atoms with van der Waals surface area (Å²) in [4.78, 5) is 15.3. The number of benzene rings is 1. The molecule has 8 nitrogen and oxygen atoms in total. The molecule has 7 rings (SSSR count). The standard InChI is InChI=1S/C21H25N5O3/c1-13-23-25-26(24-13)21-8-15-4-16(9-21)7-20(6-15,11-21)19(27)22-10-14-2-3-17-18(5-14)29-12-28-17/h2-3,5,15-16H,4,6-12H2,1H3,(H,22,27)/t15-,16-,20?,21?/m0/s1. The van der Waals surface area contributed by atoms with Crippen LogP contribution in [0.1, 0.15) is 49.9 Å². The van der Waals surface area contributed by atoms with Crippen LogP contribution in [0.4, 0.5) is 0 Å². The molecule has 0 radical (unpaired) electrons. The highest BCUT2D eigenvalue weighted by Crippen LogP contribution is 2.64. The fourth-order valence-electron chi connectivity index (χ4n) is 6.62. The first kappa shape index (κ1) is 17.2. The highest BCUT2D eigenvalue weighted by Gasteiger charge is 2.62. The van der Waals surface area contributed by atoms with Gasteiger partial charge in [0.2, 0.25) is 12.7 Å². The van der Waals surface area contributed by atoms with Crippen molar-refractivity contribution in [3.8, 4) is 11.5 Å². The molecule has 0 saturated heterocycles. The van der Waals surface area contributed by atoms with Crippen molar-refractivity contribution < 1.29 is 14.3 Å². The fraction of sp³-hybridized carbons (Fsp3) is 0.619. The molecular formula is C21H25N5O3. The fourth-order valence-corrected chi connectivity index (χ4v) is 6.62. The molecule has 2 aromatic rings. The van der Waals surface area contributed by atoms with Gasteiger partial charge in [0.25, 0.3) is 0 Å². The predicted molar refractivity (Wildman–Crippen MR) is 102 cm³/mol. The average Bonchev–Trinajstić information content (AvgIpc) is 3.33. The summed E-state index contributed by atoms with van der Waals surface area (Å²) in [6.07, 6.45) is 6.13. The van der Waals surface area contributed by atoms with Crippen molar-refractivity contribution in [1.82, 2.24) is 25.5 Å². The van der Waals surface area contributed by atoms with Crippen LogP contribution < -0.4 is 14.8 Å². The maximum atomic E-state index is 13.4. The Labute approximate surface area is 168 Å². The number of rotatable bonds is 4. The minimum atomic E-state index is -0.318. The smallest absolute Gasteiger partial charge is 0.231 e. The predicted octanol–water partition coefficient (Wildman–Crippen LogP) is 2.32. The number of fused-ring (bicyclic) bond motifs is 1. The van der Waals surface area contributed by atoms with E-state index in [0.717, 1.165) is 49.2 Å². The van der Waals surface area contributed by atoms with Gasteiger partial charge in [-0.2, -0.15) is 4.80 Å². The van der Waals surface area contributed by atoms with Crippen LogP contribution in [-0.2, 0) is 16.9 Å². The maximum absolute atomic E-state index is 13.4. The van der Waals surface area contributed by atoms with E-state index < -0.39 is 0 Å². The number of carbonyl (C=O) groups is 1. The van der Waals surface area contributed by atoms with Gasteiger partial charge in [-0.1, -0.05) is 6.07 Å². The van der Waals surface area contributed by atoms with E-state index in [0.29, 0.717) is 24.2 Å². The lowest BCUT2D eigenvalue weighted by Gasteiger charge is -2.60. The van der Waals surface area contributed by atoms with Crippen molar-refractivity contribution in [3.63, 3.8) is 0 Å². The number of carbonyl (C=O) groups excluding carboxylic acids is 1. The normalized spacial score (nSPS) is 33.8. The third kappa shape index (κ3) is 2.64. The Morgan fingerprint density at radius 3 is 2.76 bits per heavy atom. The lowest BCUT2D eigenvalue weighted by Crippen LogP contribution is -2.61. The van der Waals surface area contributed by atoms with Gasteiger partial charge in [0.05, 0.1) is 11.0 Å². The Morgan fingerprint density at radius 2 is 2.00 bits per heavy atom. The molecule has 8 heteroatoms. The zero-order valence-electron chi connectivity index (χ0n) is 16.6. The Bertz CT molecular complexity index is 972. The molecule has 2 atom stereocenters. The lowest BCUT2D eigenvalue weighted by molar-refractivity contribution is -0.157. The van der Waals surface area contributed by atoms with Gasteiger partial charge in [-0.15, -0.1) is 10.2 Å². The number of nitrogens with zero attached hydrogens (tertiary/aromatic N) is 4. The first-order chi connectivity index (χ1) is 14.0. The molecule has 1 amide bonds. The number of aromatic nitrogens is 4. The van der Waals surface area contributed by atoms with E-state index in [4.69, 9.17) is 9.47 Å². The van der Waals surface area contributed by atoms with Crippen LogP contribution >= 0.6 is 0 Å². The van der Waals surface area contributed by atoms with E-state index in [1.54, 1.807) is 0 Å². The van der Waals surface area contributed by atoms with Crippen molar-refractivity contribution in [2.75, 3.05) is 6.79 Å². The minimum absolute atomic E-state index is 0.151. The monoisotopic (exact) mass is 395 g/mol. The number of hydrogen-bond acceptors (Lipinski definition) is 6. The summed E-state index contributed by atoms with van der Waals surface area (Å²) in [5.41, 5.74) is 0.555. The highest BCUT2D eigenvalue weighted by atomic mass is 16.7. The summed E-state index contributed by atoms with van der Waals surface area (Å²) in [5, 5.41) is 16.2. The second-order valence-corrected chi connectivity index (χ2v) is 9.46. The number of nitrogens with one attached hydrogen (secondary N) is 1. The van der Waals surface area contributed by atoms with E-state index in [9.17, 15) is 4.79 Å². The van der Waals surface area contributed by atoms with Gasteiger partial charge < -0.3 is 14.8 Å². The average molecular weight is 395 g/mol. The van der Waals surface area contributed by atoms with Crippen molar-refractivity contribution in [1.29, 1.82) is 0 Å². The summed E-state index contributed by atoms with van der Waals surface area (Å²) >= 11 is 0. The molecule has 1 aromatic carbocycles. The van der Waals surface area contributed by atoms with Crippen LogP contribution in [0.3, 0.4) is 0 Å². The second-order valence-electron chi connectivity index (χ2n) is 9.46. The summed E-state index contributed by atoms with van der Waals surface area (Å²) in [6, 6.07) is 5.84. The second kappa shape index (κ2) is 5.93. The van der Waals surface area contributed by atoms with E-state index in [2.05, 4.69) is 20.7 Å². The molecule has 4 saturated carbocycles. The van der Waals surface area contributed by atoms with Gasteiger partial charge >= 0.3 is 0 Å². The summed E-state index contributed by atoms with van der Waals surface area (Å²) in [7, 11) is 0. The molecule has 1 aliphatic heterocycles. The van der Waals surface area contributed by atoms with Crippen molar-refractivity contribution >= 4 is 5.91 Å². The third-order valence-corrected chi connectivity index (χ3v) is 7.34. The van der Waals surface area contributed by atoms with Gasteiger partial charge in [-0.3, -0.25) is 4.79 Å². The molecule has 0 unspecified atom stereocenters. The highest BCUT2D eigenvalue weighted by molar-refractivity contribution is 5.83. The summed E-state index contributed by atoms with van der Waals surface area (Å²) in [6.45, 7) is 2.63. The van der Waals surface area contributed by atoms with Crippen LogP contribution in [0.25, 0.3) is 0 Å². The van der Waals surface area contributed by atoms with Crippen LogP contribution in [0.5, 0.6) is 11.5 Å². The summed E-state index contributed by atoms with van der Waals surface area (Å²) < 4.78 is 10.8. The van der Waals surface area contributed by atoms with Crippen LogP contribution in [0, 0.1) is 24.2 Å². The lowest BCUT2D eigenvalue weighted by atomic mass is 9.46. The van der Waals surface area contributed by atoms with Crippen molar-refractivity contribution in [2.45, 2.75) is 57.5 Å². The molecule has 0 spiro atoms. The Morgan fingerprint density at radius 1 is 1.21 bits per heavy atom. The number of ether oxygens (including phenoxy) is 2.